The predicted molar refractivity (Wildman–Crippen MR) is 138 cm³/mol. The maximum atomic E-state index is 12.3. The largest absolute Gasteiger partial charge is 0.508 e. The number of phenolic OH excluding ortho intramolecular Hbond substituents is 5. The summed E-state index contributed by atoms with van der Waals surface area (Å²) in [6.45, 7) is 0. The Labute approximate surface area is 205 Å². The van der Waals surface area contributed by atoms with Gasteiger partial charge in [-0.05, 0) is 65.2 Å². The van der Waals surface area contributed by atoms with Crippen LogP contribution in [-0.4, -0.2) is 25.5 Å². The molecule has 0 aliphatic rings. The van der Waals surface area contributed by atoms with Crippen molar-refractivity contribution in [2.45, 2.75) is 0 Å². The van der Waals surface area contributed by atoms with Crippen LogP contribution in [0.25, 0.3) is 34.2 Å². The van der Waals surface area contributed by atoms with E-state index in [0.29, 0.717) is 27.7 Å². The van der Waals surface area contributed by atoms with Gasteiger partial charge < -0.3 is 29.9 Å². The van der Waals surface area contributed by atoms with Crippen molar-refractivity contribution in [3.05, 3.63) is 113 Å². The average molecular weight is 482 g/mol. The molecule has 5 aromatic rings. The van der Waals surface area contributed by atoms with E-state index in [0.717, 1.165) is 5.56 Å². The SMILES string of the molecule is O=c1c(-c2ccc(O)cc2)coc2cc(O)ccc12.Oc1ccc(/C=C/c2cc(O)cc(O)c2)cc1. The number of hydrogen-bond acceptors (Lipinski definition) is 7. The van der Waals surface area contributed by atoms with Crippen LogP contribution in [0.2, 0.25) is 0 Å². The molecular weight excluding hydrogens is 460 g/mol. The fourth-order valence-electron chi connectivity index (χ4n) is 3.45. The van der Waals surface area contributed by atoms with Crippen molar-refractivity contribution in [1.29, 1.82) is 0 Å². The second kappa shape index (κ2) is 10.4. The second-order valence-electron chi connectivity index (χ2n) is 7.91. The van der Waals surface area contributed by atoms with E-state index in [2.05, 4.69) is 0 Å². The quantitative estimate of drug-likeness (QED) is 0.204. The van der Waals surface area contributed by atoms with Gasteiger partial charge >= 0.3 is 0 Å². The monoisotopic (exact) mass is 482 g/mol. The fraction of sp³-hybridized carbons (Fsp3) is 0. The Morgan fingerprint density at radius 3 is 1.75 bits per heavy atom. The molecule has 5 rings (SSSR count). The number of aromatic hydroxyl groups is 5. The molecule has 180 valence electrons. The summed E-state index contributed by atoms with van der Waals surface area (Å²) in [5.41, 5.74) is 2.88. The maximum absolute atomic E-state index is 12.3. The summed E-state index contributed by atoms with van der Waals surface area (Å²) in [5.74, 6) is 0.453. The molecule has 0 fully saturated rings. The standard InChI is InChI=1S/C15H10O4.C14H12O3/c16-10-3-1-9(2-4-10)13-8-19-14-7-11(17)5-6-12(14)15(13)18;15-12-5-3-10(4-6-12)1-2-11-7-13(16)9-14(17)8-11/h1-8,16-17H;1-9,15-17H/b;2-1+. The molecule has 1 aromatic heterocycles. The maximum Gasteiger partial charge on any atom is 0.200 e. The number of rotatable bonds is 3. The summed E-state index contributed by atoms with van der Waals surface area (Å²) in [5, 5.41) is 46.7. The number of fused-ring (bicyclic) bond motifs is 1. The Hall–Kier alpha value is -5.17. The van der Waals surface area contributed by atoms with Crippen LogP contribution in [0.1, 0.15) is 11.1 Å². The van der Waals surface area contributed by atoms with E-state index in [1.165, 1.54) is 42.7 Å². The van der Waals surface area contributed by atoms with Crippen LogP contribution in [-0.2, 0) is 0 Å². The van der Waals surface area contributed by atoms with E-state index in [1.54, 1.807) is 54.6 Å². The Bertz CT molecular complexity index is 1560. The molecule has 7 nitrogen and oxygen atoms in total. The van der Waals surface area contributed by atoms with E-state index in [9.17, 15) is 25.2 Å². The van der Waals surface area contributed by atoms with Crippen molar-refractivity contribution in [2.24, 2.45) is 0 Å². The first-order valence-electron chi connectivity index (χ1n) is 10.8. The minimum absolute atomic E-state index is 0.0235. The highest BCUT2D eigenvalue weighted by Gasteiger charge is 2.09. The molecule has 1 heterocycles. The second-order valence-corrected chi connectivity index (χ2v) is 7.91. The molecule has 0 aliphatic heterocycles. The molecule has 4 aromatic carbocycles. The lowest BCUT2D eigenvalue weighted by Crippen LogP contribution is -2.04. The zero-order valence-electron chi connectivity index (χ0n) is 18.9. The van der Waals surface area contributed by atoms with Gasteiger partial charge in [-0.2, -0.15) is 0 Å². The van der Waals surface area contributed by atoms with Gasteiger partial charge in [-0.1, -0.05) is 36.4 Å². The van der Waals surface area contributed by atoms with Gasteiger partial charge in [0.05, 0.1) is 10.9 Å². The summed E-state index contributed by atoms with van der Waals surface area (Å²) in [4.78, 5) is 12.3. The van der Waals surface area contributed by atoms with Crippen molar-refractivity contribution < 1.29 is 29.9 Å². The molecule has 0 saturated heterocycles. The zero-order valence-corrected chi connectivity index (χ0v) is 18.9. The highest BCUT2D eigenvalue weighted by molar-refractivity contribution is 5.82. The smallest absolute Gasteiger partial charge is 0.200 e. The van der Waals surface area contributed by atoms with Crippen LogP contribution in [0.4, 0.5) is 0 Å². The fourth-order valence-corrected chi connectivity index (χ4v) is 3.45. The molecule has 0 amide bonds. The van der Waals surface area contributed by atoms with Crippen LogP contribution < -0.4 is 5.43 Å². The number of benzene rings is 4. The Balaban J connectivity index is 0.000000170. The van der Waals surface area contributed by atoms with Gasteiger partial charge in [0.25, 0.3) is 0 Å². The van der Waals surface area contributed by atoms with E-state index in [-0.39, 0.29) is 34.2 Å². The summed E-state index contributed by atoms with van der Waals surface area (Å²) in [6.07, 6.45) is 4.95. The van der Waals surface area contributed by atoms with Gasteiger partial charge in [0.15, 0.2) is 5.43 Å². The van der Waals surface area contributed by atoms with Crippen molar-refractivity contribution in [1.82, 2.24) is 0 Å². The average Bonchev–Trinajstić information content (AvgIpc) is 2.84. The topological polar surface area (TPSA) is 131 Å². The van der Waals surface area contributed by atoms with E-state index >= 15 is 0 Å². The van der Waals surface area contributed by atoms with E-state index in [4.69, 9.17) is 9.52 Å². The predicted octanol–water partition coefficient (Wildman–Crippen LogP) is 5.85. The molecular formula is C29H22O7. The third-order valence-corrected chi connectivity index (χ3v) is 5.22. The first-order valence-corrected chi connectivity index (χ1v) is 10.8. The van der Waals surface area contributed by atoms with Crippen LogP contribution >= 0.6 is 0 Å². The van der Waals surface area contributed by atoms with Gasteiger partial charge in [-0.25, -0.2) is 0 Å². The van der Waals surface area contributed by atoms with Crippen LogP contribution in [0.5, 0.6) is 28.7 Å². The van der Waals surface area contributed by atoms with Crippen LogP contribution in [0.15, 0.2) is 100 Å². The van der Waals surface area contributed by atoms with Crippen LogP contribution in [0, 0.1) is 0 Å². The van der Waals surface area contributed by atoms with Gasteiger partial charge in [0.1, 0.15) is 40.6 Å². The molecule has 36 heavy (non-hydrogen) atoms. The molecule has 0 spiro atoms. The highest BCUT2D eigenvalue weighted by atomic mass is 16.3. The first-order chi connectivity index (χ1) is 17.3. The third-order valence-electron chi connectivity index (χ3n) is 5.22. The summed E-state index contributed by atoms with van der Waals surface area (Å²) in [6, 6.07) is 21.8. The molecule has 0 unspecified atom stereocenters. The Kier molecular flexibility index (Phi) is 6.92. The Morgan fingerprint density at radius 1 is 0.556 bits per heavy atom. The molecule has 0 atom stereocenters. The highest BCUT2D eigenvalue weighted by Crippen LogP contribution is 2.24. The summed E-state index contributed by atoms with van der Waals surface area (Å²) < 4.78 is 5.37. The minimum Gasteiger partial charge on any atom is -0.508 e. The normalized spacial score (nSPS) is 10.8. The third kappa shape index (κ3) is 5.84. The minimum atomic E-state index is -0.174. The van der Waals surface area contributed by atoms with Gasteiger partial charge in [-0.3, -0.25) is 4.79 Å². The lowest BCUT2D eigenvalue weighted by atomic mass is 10.1. The lowest BCUT2D eigenvalue weighted by molar-refractivity contribution is 0.450. The zero-order chi connectivity index (χ0) is 25.7. The molecule has 7 heteroatoms. The van der Waals surface area contributed by atoms with Gasteiger partial charge in [0.2, 0.25) is 0 Å². The molecule has 0 saturated carbocycles. The van der Waals surface area contributed by atoms with Gasteiger partial charge in [-0.15, -0.1) is 0 Å². The van der Waals surface area contributed by atoms with Crippen molar-refractivity contribution in [2.75, 3.05) is 0 Å². The molecule has 0 aliphatic carbocycles. The van der Waals surface area contributed by atoms with E-state index in [1.807, 2.05) is 6.08 Å². The van der Waals surface area contributed by atoms with Crippen LogP contribution in [0.3, 0.4) is 0 Å². The van der Waals surface area contributed by atoms with Crippen molar-refractivity contribution in [3.63, 3.8) is 0 Å². The van der Waals surface area contributed by atoms with E-state index < -0.39 is 0 Å². The van der Waals surface area contributed by atoms with Crippen molar-refractivity contribution in [3.8, 4) is 39.9 Å². The lowest BCUT2D eigenvalue weighted by Gasteiger charge is -2.03. The molecule has 0 bridgehead atoms. The van der Waals surface area contributed by atoms with Gasteiger partial charge in [0, 0.05) is 12.1 Å². The van der Waals surface area contributed by atoms with Crippen molar-refractivity contribution >= 4 is 23.1 Å². The Morgan fingerprint density at radius 2 is 1.11 bits per heavy atom. The number of phenols is 5. The summed E-state index contributed by atoms with van der Waals surface area (Å²) in [7, 11) is 0. The molecule has 5 N–H and O–H groups in total. The number of hydrogen-bond donors (Lipinski definition) is 5. The summed E-state index contributed by atoms with van der Waals surface area (Å²) >= 11 is 0. The molecule has 0 radical (unpaired) electrons. The first kappa shape index (κ1) is 24.0.